The van der Waals surface area contributed by atoms with Gasteiger partial charge < -0.3 is 14.4 Å². The van der Waals surface area contributed by atoms with Crippen LogP contribution in [0, 0.1) is 0 Å². The lowest BCUT2D eigenvalue weighted by molar-refractivity contribution is -0.158. The van der Waals surface area contributed by atoms with Gasteiger partial charge in [0.15, 0.2) is 0 Å². The second-order valence-corrected chi connectivity index (χ2v) is 2.37. The molecule has 0 saturated heterocycles. The summed E-state index contributed by atoms with van der Waals surface area (Å²) >= 11 is 0. The average molecular weight is 189 g/mol. The van der Waals surface area contributed by atoms with Crippen LogP contribution in [0.15, 0.2) is 0 Å². The summed E-state index contributed by atoms with van der Waals surface area (Å²) in [6.45, 7) is 3.07. The fourth-order valence-electron chi connectivity index (χ4n) is 0.821. The number of carbonyl (C=O) groups is 2. The molecule has 0 aliphatic carbocycles. The number of carbonyl (C=O) groups excluding carboxylic acids is 2. The molecule has 13 heavy (non-hydrogen) atoms. The third-order valence-corrected chi connectivity index (χ3v) is 1.59. The Morgan fingerprint density at radius 2 is 1.92 bits per heavy atom. The average Bonchev–Trinajstić information content (AvgIpc) is 2.17. The standard InChI is InChI=1S/C8H15NO4/c1-4-9(5-6-12-2)7(10)8(11)13-3/h4-6H2,1-3H3. The van der Waals surface area contributed by atoms with Crippen LogP contribution >= 0.6 is 0 Å². The first-order valence-corrected chi connectivity index (χ1v) is 4.03. The van der Waals surface area contributed by atoms with E-state index >= 15 is 0 Å². The molecule has 0 fully saturated rings. The van der Waals surface area contributed by atoms with Crippen molar-refractivity contribution in [3.05, 3.63) is 0 Å². The normalized spacial score (nSPS) is 9.46. The van der Waals surface area contributed by atoms with E-state index in [2.05, 4.69) is 4.74 Å². The Labute approximate surface area is 77.6 Å². The molecule has 0 rings (SSSR count). The zero-order chi connectivity index (χ0) is 10.3. The van der Waals surface area contributed by atoms with Crippen LogP contribution in [-0.2, 0) is 19.1 Å². The van der Waals surface area contributed by atoms with Gasteiger partial charge >= 0.3 is 11.9 Å². The first-order valence-electron chi connectivity index (χ1n) is 4.03. The lowest BCUT2D eigenvalue weighted by Crippen LogP contribution is -2.39. The number of amides is 1. The van der Waals surface area contributed by atoms with E-state index in [4.69, 9.17) is 4.74 Å². The van der Waals surface area contributed by atoms with Gasteiger partial charge in [-0.25, -0.2) is 4.79 Å². The van der Waals surface area contributed by atoms with E-state index in [1.807, 2.05) is 0 Å². The molecule has 0 saturated carbocycles. The zero-order valence-corrected chi connectivity index (χ0v) is 8.20. The first kappa shape index (κ1) is 11.9. The van der Waals surface area contributed by atoms with E-state index in [0.717, 1.165) is 0 Å². The van der Waals surface area contributed by atoms with E-state index in [0.29, 0.717) is 19.7 Å². The molecule has 0 aromatic heterocycles. The van der Waals surface area contributed by atoms with Crippen molar-refractivity contribution in [1.82, 2.24) is 4.90 Å². The van der Waals surface area contributed by atoms with Crippen molar-refractivity contribution in [2.75, 3.05) is 33.9 Å². The van der Waals surface area contributed by atoms with Crippen molar-refractivity contribution >= 4 is 11.9 Å². The van der Waals surface area contributed by atoms with Gasteiger partial charge in [0, 0.05) is 20.2 Å². The smallest absolute Gasteiger partial charge is 0.396 e. The van der Waals surface area contributed by atoms with E-state index in [1.54, 1.807) is 6.92 Å². The Bertz CT molecular complexity index is 181. The second kappa shape index (κ2) is 6.42. The maximum atomic E-state index is 11.2. The predicted octanol–water partition coefficient (Wildman–Crippen LogP) is -0.346. The second-order valence-electron chi connectivity index (χ2n) is 2.37. The summed E-state index contributed by atoms with van der Waals surface area (Å²) in [6.07, 6.45) is 0. The summed E-state index contributed by atoms with van der Waals surface area (Å²) in [7, 11) is 2.72. The van der Waals surface area contributed by atoms with Gasteiger partial charge in [0.25, 0.3) is 0 Å². The number of ether oxygens (including phenoxy) is 2. The van der Waals surface area contributed by atoms with Crippen LogP contribution in [0.3, 0.4) is 0 Å². The molecule has 0 aliphatic rings. The van der Waals surface area contributed by atoms with E-state index < -0.39 is 11.9 Å². The third kappa shape index (κ3) is 3.89. The maximum absolute atomic E-state index is 11.2. The highest BCUT2D eigenvalue weighted by Crippen LogP contribution is 1.91. The van der Waals surface area contributed by atoms with Crippen molar-refractivity contribution in [2.45, 2.75) is 6.92 Å². The van der Waals surface area contributed by atoms with Gasteiger partial charge in [-0.3, -0.25) is 4.79 Å². The molecule has 5 nitrogen and oxygen atoms in total. The number of methoxy groups -OCH3 is 2. The molecule has 0 aromatic rings. The van der Waals surface area contributed by atoms with Gasteiger partial charge in [-0.05, 0) is 6.92 Å². The molecule has 0 N–H and O–H groups in total. The fourth-order valence-corrected chi connectivity index (χ4v) is 0.821. The Morgan fingerprint density at radius 3 is 2.31 bits per heavy atom. The molecule has 0 spiro atoms. The summed E-state index contributed by atoms with van der Waals surface area (Å²) in [4.78, 5) is 23.4. The Morgan fingerprint density at radius 1 is 1.31 bits per heavy atom. The van der Waals surface area contributed by atoms with Crippen molar-refractivity contribution in [1.29, 1.82) is 0 Å². The van der Waals surface area contributed by atoms with Crippen LogP contribution in [0.25, 0.3) is 0 Å². The van der Waals surface area contributed by atoms with E-state index in [9.17, 15) is 9.59 Å². The molecule has 0 aliphatic heterocycles. The topological polar surface area (TPSA) is 55.8 Å². The lowest BCUT2D eigenvalue weighted by Gasteiger charge is -2.18. The number of rotatable bonds is 4. The van der Waals surface area contributed by atoms with E-state index in [1.165, 1.54) is 19.1 Å². The Balaban J connectivity index is 4.06. The zero-order valence-electron chi connectivity index (χ0n) is 8.20. The molecule has 0 bridgehead atoms. The summed E-state index contributed by atoms with van der Waals surface area (Å²) in [5.41, 5.74) is 0. The number of nitrogens with zero attached hydrogens (tertiary/aromatic N) is 1. The summed E-state index contributed by atoms with van der Waals surface area (Å²) < 4.78 is 9.10. The highest BCUT2D eigenvalue weighted by Gasteiger charge is 2.20. The van der Waals surface area contributed by atoms with Crippen LogP contribution < -0.4 is 0 Å². The lowest BCUT2D eigenvalue weighted by atomic mass is 10.4. The van der Waals surface area contributed by atoms with Crippen molar-refractivity contribution in [3.63, 3.8) is 0 Å². The fraction of sp³-hybridized carbons (Fsp3) is 0.750. The van der Waals surface area contributed by atoms with Crippen molar-refractivity contribution in [3.8, 4) is 0 Å². The van der Waals surface area contributed by atoms with Gasteiger partial charge in [-0.15, -0.1) is 0 Å². The summed E-state index contributed by atoms with van der Waals surface area (Å²) in [5.74, 6) is -1.46. The molecule has 5 heteroatoms. The molecule has 76 valence electrons. The highest BCUT2D eigenvalue weighted by atomic mass is 16.5. The van der Waals surface area contributed by atoms with Crippen molar-refractivity contribution in [2.24, 2.45) is 0 Å². The number of likely N-dealkylation sites (N-methyl/N-ethyl adjacent to an activating group) is 1. The molecule has 0 unspecified atom stereocenters. The summed E-state index contributed by atoms with van der Waals surface area (Å²) in [5, 5.41) is 0. The predicted molar refractivity (Wildman–Crippen MR) is 46.1 cm³/mol. The molecule has 0 heterocycles. The molecular formula is C8H15NO4. The van der Waals surface area contributed by atoms with Gasteiger partial charge in [-0.2, -0.15) is 0 Å². The Kier molecular flexibility index (Phi) is 5.88. The molecule has 0 aromatic carbocycles. The minimum atomic E-state index is -0.835. The molecule has 0 atom stereocenters. The molecule has 0 radical (unpaired) electrons. The van der Waals surface area contributed by atoms with Crippen LogP contribution in [0.4, 0.5) is 0 Å². The number of hydrogen-bond donors (Lipinski definition) is 0. The largest absolute Gasteiger partial charge is 0.462 e. The first-order chi connectivity index (χ1) is 6.17. The van der Waals surface area contributed by atoms with Crippen LogP contribution in [-0.4, -0.2) is 50.7 Å². The SMILES string of the molecule is CCN(CCOC)C(=O)C(=O)OC. The Hall–Kier alpha value is -1.10. The minimum absolute atomic E-state index is 0.404. The third-order valence-electron chi connectivity index (χ3n) is 1.59. The van der Waals surface area contributed by atoms with Gasteiger partial charge in [-0.1, -0.05) is 0 Å². The molecular weight excluding hydrogens is 174 g/mol. The van der Waals surface area contributed by atoms with Crippen LogP contribution in [0.1, 0.15) is 6.92 Å². The van der Waals surface area contributed by atoms with E-state index in [-0.39, 0.29) is 0 Å². The quantitative estimate of drug-likeness (QED) is 0.448. The molecule has 1 amide bonds. The minimum Gasteiger partial charge on any atom is -0.462 e. The van der Waals surface area contributed by atoms with Gasteiger partial charge in [0.1, 0.15) is 0 Å². The number of hydrogen-bond acceptors (Lipinski definition) is 4. The van der Waals surface area contributed by atoms with Gasteiger partial charge in [0.2, 0.25) is 0 Å². The number of esters is 1. The van der Waals surface area contributed by atoms with Crippen molar-refractivity contribution < 1.29 is 19.1 Å². The monoisotopic (exact) mass is 189 g/mol. The van der Waals surface area contributed by atoms with Gasteiger partial charge in [0.05, 0.1) is 13.7 Å². The van der Waals surface area contributed by atoms with Crippen LogP contribution in [0.2, 0.25) is 0 Å². The highest BCUT2D eigenvalue weighted by molar-refractivity contribution is 6.32. The maximum Gasteiger partial charge on any atom is 0.396 e. The van der Waals surface area contributed by atoms with Crippen LogP contribution in [0.5, 0.6) is 0 Å². The summed E-state index contributed by atoms with van der Waals surface area (Å²) in [6, 6.07) is 0.